The SMILES string of the molecule is COc1c(F)c(=O)c(O)c2n1CCN(Cc1ccc(F)cc1)C2=O. The normalized spacial score (nSPS) is 13.8. The van der Waals surface area contributed by atoms with Crippen LogP contribution in [0.25, 0.3) is 0 Å². The number of nitrogens with zero attached hydrogens (tertiary/aromatic N) is 2. The molecule has 3 rings (SSSR count). The highest BCUT2D eigenvalue weighted by Crippen LogP contribution is 2.27. The van der Waals surface area contributed by atoms with Gasteiger partial charge in [-0.3, -0.25) is 9.59 Å². The lowest BCUT2D eigenvalue weighted by Crippen LogP contribution is -2.42. The quantitative estimate of drug-likeness (QED) is 0.922. The number of aromatic nitrogens is 1. The maximum absolute atomic E-state index is 13.9. The number of benzene rings is 1. The summed E-state index contributed by atoms with van der Waals surface area (Å²) in [6, 6.07) is 5.63. The molecule has 0 unspecified atom stereocenters. The predicted octanol–water partition coefficient (Wildman–Crippen LogP) is 1.50. The average molecular weight is 336 g/mol. The summed E-state index contributed by atoms with van der Waals surface area (Å²) in [5.74, 6) is -3.58. The summed E-state index contributed by atoms with van der Waals surface area (Å²) in [4.78, 5) is 25.7. The van der Waals surface area contributed by atoms with Crippen LogP contribution in [0.15, 0.2) is 29.1 Å². The molecule has 0 radical (unpaired) electrons. The number of carbonyl (C=O) groups excluding carboxylic acids is 1. The van der Waals surface area contributed by atoms with Gasteiger partial charge in [0.15, 0.2) is 11.4 Å². The zero-order valence-corrected chi connectivity index (χ0v) is 12.8. The Kier molecular flexibility index (Phi) is 3.96. The molecule has 1 N–H and O–H groups in total. The highest BCUT2D eigenvalue weighted by molar-refractivity contribution is 5.96. The van der Waals surface area contributed by atoms with E-state index in [0.29, 0.717) is 5.56 Å². The molecule has 0 spiro atoms. The lowest BCUT2D eigenvalue weighted by molar-refractivity contribution is 0.0675. The van der Waals surface area contributed by atoms with Gasteiger partial charge in [0.1, 0.15) is 5.82 Å². The van der Waals surface area contributed by atoms with Crippen molar-refractivity contribution in [2.24, 2.45) is 0 Å². The van der Waals surface area contributed by atoms with Crippen LogP contribution in [-0.2, 0) is 13.1 Å². The van der Waals surface area contributed by atoms with E-state index < -0.39 is 28.7 Å². The van der Waals surface area contributed by atoms with Crippen LogP contribution in [0.3, 0.4) is 0 Å². The third-order valence-corrected chi connectivity index (χ3v) is 3.90. The predicted molar refractivity (Wildman–Crippen MR) is 80.0 cm³/mol. The Hall–Kier alpha value is -2.90. The number of hydrogen-bond acceptors (Lipinski definition) is 4. The minimum atomic E-state index is -1.28. The van der Waals surface area contributed by atoms with Crippen molar-refractivity contribution < 1.29 is 23.4 Å². The summed E-state index contributed by atoms with van der Waals surface area (Å²) in [6.45, 7) is 0.546. The topological polar surface area (TPSA) is 71.8 Å². The minimum absolute atomic E-state index is 0.149. The van der Waals surface area contributed by atoms with E-state index in [-0.39, 0.29) is 31.2 Å². The van der Waals surface area contributed by atoms with Crippen LogP contribution in [0.1, 0.15) is 16.1 Å². The fraction of sp³-hybridized carbons (Fsp3) is 0.250. The number of aromatic hydroxyl groups is 1. The van der Waals surface area contributed by atoms with Crippen LogP contribution in [0.4, 0.5) is 8.78 Å². The Bertz CT molecular complexity index is 862. The van der Waals surface area contributed by atoms with E-state index in [1.807, 2.05) is 0 Å². The van der Waals surface area contributed by atoms with Crippen molar-refractivity contribution in [3.63, 3.8) is 0 Å². The van der Waals surface area contributed by atoms with Gasteiger partial charge in [-0.15, -0.1) is 0 Å². The summed E-state index contributed by atoms with van der Waals surface area (Å²) in [5, 5.41) is 9.91. The molecular weight excluding hydrogens is 322 g/mol. The van der Waals surface area contributed by atoms with Gasteiger partial charge in [-0.25, -0.2) is 4.39 Å². The molecule has 0 atom stereocenters. The third kappa shape index (κ3) is 2.49. The number of methoxy groups -OCH3 is 1. The monoisotopic (exact) mass is 336 g/mol. The van der Waals surface area contributed by atoms with Gasteiger partial charge in [-0.2, -0.15) is 4.39 Å². The van der Waals surface area contributed by atoms with Crippen LogP contribution >= 0.6 is 0 Å². The van der Waals surface area contributed by atoms with Crippen molar-refractivity contribution >= 4 is 5.91 Å². The van der Waals surface area contributed by atoms with Crippen molar-refractivity contribution in [3.8, 4) is 11.6 Å². The van der Waals surface area contributed by atoms with Crippen molar-refractivity contribution in [2.75, 3.05) is 13.7 Å². The Balaban J connectivity index is 2.00. The van der Waals surface area contributed by atoms with Crippen molar-refractivity contribution in [2.45, 2.75) is 13.1 Å². The van der Waals surface area contributed by atoms with E-state index in [1.54, 1.807) is 0 Å². The fourth-order valence-electron chi connectivity index (χ4n) is 2.72. The summed E-state index contributed by atoms with van der Waals surface area (Å²) >= 11 is 0. The van der Waals surface area contributed by atoms with E-state index in [1.165, 1.54) is 36.3 Å². The van der Waals surface area contributed by atoms with Gasteiger partial charge in [-0.1, -0.05) is 12.1 Å². The van der Waals surface area contributed by atoms with Gasteiger partial charge < -0.3 is 19.3 Å². The smallest absolute Gasteiger partial charge is 0.274 e. The number of rotatable bonds is 3. The van der Waals surface area contributed by atoms with Gasteiger partial charge in [0.25, 0.3) is 11.3 Å². The second kappa shape index (κ2) is 5.95. The molecule has 1 aliphatic rings. The van der Waals surface area contributed by atoms with Gasteiger partial charge in [0, 0.05) is 19.6 Å². The number of hydrogen-bond donors (Lipinski definition) is 1. The molecular formula is C16H14F2N2O4. The van der Waals surface area contributed by atoms with Crippen LogP contribution in [0, 0.1) is 11.6 Å². The van der Waals surface area contributed by atoms with E-state index in [2.05, 4.69) is 0 Å². The molecule has 0 aliphatic carbocycles. The number of halogens is 2. The Morgan fingerprint density at radius 2 is 1.83 bits per heavy atom. The summed E-state index contributed by atoms with van der Waals surface area (Å²) in [6.07, 6.45) is 0. The average Bonchev–Trinajstić information content (AvgIpc) is 2.57. The van der Waals surface area contributed by atoms with Gasteiger partial charge in [0.2, 0.25) is 11.7 Å². The Labute approximate surface area is 135 Å². The van der Waals surface area contributed by atoms with Gasteiger partial charge >= 0.3 is 0 Å². The van der Waals surface area contributed by atoms with Gasteiger partial charge in [0.05, 0.1) is 7.11 Å². The molecule has 2 aromatic rings. The molecule has 0 fully saturated rings. The van der Waals surface area contributed by atoms with Crippen LogP contribution in [0.5, 0.6) is 11.6 Å². The Morgan fingerprint density at radius 1 is 1.17 bits per heavy atom. The van der Waals surface area contributed by atoms with Crippen molar-refractivity contribution in [1.82, 2.24) is 9.47 Å². The Morgan fingerprint density at radius 3 is 2.46 bits per heavy atom. The molecule has 0 saturated carbocycles. The maximum atomic E-state index is 13.9. The van der Waals surface area contributed by atoms with Gasteiger partial charge in [-0.05, 0) is 17.7 Å². The van der Waals surface area contributed by atoms with E-state index >= 15 is 0 Å². The maximum Gasteiger partial charge on any atom is 0.274 e. The molecule has 126 valence electrons. The number of carbonyl (C=O) groups is 1. The number of fused-ring (bicyclic) bond motifs is 1. The minimum Gasteiger partial charge on any atom is -0.502 e. The number of pyridine rings is 1. The van der Waals surface area contributed by atoms with Crippen LogP contribution < -0.4 is 10.2 Å². The first-order chi connectivity index (χ1) is 11.4. The molecule has 8 heteroatoms. The van der Waals surface area contributed by atoms with E-state index in [0.717, 1.165) is 4.57 Å². The summed E-state index contributed by atoms with van der Waals surface area (Å²) in [5.41, 5.74) is -0.907. The summed E-state index contributed by atoms with van der Waals surface area (Å²) < 4.78 is 32.8. The third-order valence-electron chi connectivity index (χ3n) is 3.90. The van der Waals surface area contributed by atoms with Crippen LogP contribution in [-0.4, -0.2) is 34.1 Å². The molecule has 0 saturated heterocycles. The standard InChI is InChI=1S/C16H14F2N2O4/c1-24-16-11(18)13(21)14(22)12-15(23)19(6-7-20(12)16)8-9-2-4-10(17)5-3-9/h2-5,22H,6-8H2,1H3. The molecule has 0 bridgehead atoms. The van der Waals surface area contributed by atoms with Crippen molar-refractivity contribution in [1.29, 1.82) is 0 Å². The molecule has 2 heterocycles. The molecule has 1 aromatic heterocycles. The highest BCUT2D eigenvalue weighted by atomic mass is 19.1. The van der Waals surface area contributed by atoms with E-state index in [9.17, 15) is 23.5 Å². The lowest BCUT2D eigenvalue weighted by Gasteiger charge is -2.31. The molecule has 1 aromatic carbocycles. The summed E-state index contributed by atoms with van der Waals surface area (Å²) in [7, 11) is 1.18. The first-order valence-corrected chi connectivity index (χ1v) is 7.17. The number of amides is 1. The number of ether oxygens (including phenoxy) is 1. The van der Waals surface area contributed by atoms with Crippen LogP contribution in [0.2, 0.25) is 0 Å². The van der Waals surface area contributed by atoms with E-state index in [4.69, 9.17) is 4.74 Å². The zero-order chi connectivity index (χ0) is 17.4. The molecule has 24 heavy (non-hydrogen) atoms. The molecule has 1 amide bonds. The fourth-order valence-corrected chi connectivity index (χ4v) is 2.72. The second-order valence-electron chi connectivity index (χ2n) is 5.35. The first-order valence-electron chi connectivity index (χ1n) is 7.17. The molecule has 6 nitrogen and oxygen atoms in total. The highest BCUT2D eigenvalue weighted by Gasteiger charge is 2.33. The second-order valence-corrected chi connectivity index (χ2v) is 5.35. The lowest BCUT2D eigenvalue weighted by atomic mass is 10.1. The largest absolute Gasteiger partial charge is 0.502 e. The first kappa shape index (κ1) is 16.0. The van der Waals surface area contributed by atoms with Crippen molar-refractivity contribution in [3.05, 3.63) is 57.4 Å². The molecule has 1 aliphatic heterocycles. The zero-order valence-electron chi connectivity index (χ0n) is 12.8.